The van der Waals surface area contributed by atoms with Crippen molar-refractivity contribution in [3.05, 3.63) is 66.9 Å². The van der Waals surface area contributed by atoms with E-state index in [2.05, 4.69) is 9.97 Å². The van der Waals surface area contributed by atoms with Gasteiger partial charge in [0.1, 0.15) is 17.9 Å². The van der Waals surface area contributed by atoms with Crippen molar-refractivity contribution in [3.63, 3.8) is 0 Å². The quantitative estimate of drug-likeness (QED) is 0.679. The van der Waals surface area contributed by atoms with E-state index in [4.69, 9.17) is 9.72 Å². The standard InChI is InChI=1S/C20H20FN5O2/c21-16-3-5-17(6-4-16)28-13-20(27)25-8-1-2-15(12-25)18-10-23-11-19(24-18)26-9-7-22-14-26/h3-7,9-11,14-15H,1-2,8,12-13H2/t15-/m0/s1. The number of rotatable bonds is 5. The van der Waals surface area contributed by atoms with Gasteiger partial charge in [0, 0.05) is 37.6 Å². The Hall–Kier alpha value is -3.29. The number of hydrogen-bond acceptors (Lipinski definition) is 5. The van der Waals surface area contributed by atoms with Gasteiger partial charge in [-0.15, -0.1) is 0 Å². The lowest BCUT2D eigenvalue weighted by atomic mass is 9.95. The van der Waals surface area contributed by atoms with Crippen LogP contribution in [-0.4, -0.2) is 50.0 Å². The summed E-state index contributed by atoms with van der Waals surface area (Å²) >= 11 is 0. The molecule has 4 rings (SSSR count). The lowest BCUT2D eigenvalue weighted by Crippen LogP contribution is -2.41. The molecule has 8 heteroatoms. The predicted octanol–water partition coefficient (Wildman–Crippen LogP) is 2.59. The minimum Gasteiger partial charge on any atom is -0.484 e. The number of aromatic nitrogens is 4. The molecule has 1 aliphatic heterocycles. The van der Waals surface area contributed by atoms with Gasteiger partial charge in [-0.05, 0) is 37.1 Å². The topological polar surface area (TPSA) is 73.1 Å². The molecule has 1 saturated heterocycles. The van der Waals surface area contributed by atoms with Gasteiger partial charge in [0.05, 0.1) is 11.9 Å². The zero-order valence-corrected chi connectivity index (χ0v) is 15.2. The van der Waals surface area contributed by atoms with Crippen molar-refractivity contribution in [1.29, 1.82) is 0 Å². The number of imidazole rings is 1. The maximum atomic E-state index is 13.0. The maximum Gasteiger partial charge on any atom is 0.260 e. The molecule has 3 aromatic rings. The van der Waals surface area contributed by atoms with Gasteiger partial charge in [-0.1, -0.05) is 0 Å². The molecule has 28 heavy (non-hydrogen) atoms. The van der Waals surface area contributed by atoms with Crippen molar-refractivity contribution in [3.8, 4) is 11.6 Å². The Labute approximate surface area is 161 Å². The highest BCUT2D eigenvalue weighted by molar-refractivity contribution is 5.78. The number of nitrogens with zero attached hydrogens (tertiary/aromatic N) is 5. The molecule has 0 N–H and O–H groups in total. The van der Waals surface area contributed by atoms with Crippen LogP contribution in [0.4, 0.5) is 4.39 Å². The van der Waals surface area contributed by atoms with Gasteiger partial charge >= 0.3 is 0 Å². The minimum atomic E-state index is -0.336. The Morgan fingerprint density at radius 3 is 2.86 bits per heavy atom. The summed E-state index contributed by atoms with van der Waals surface area (Å²) in [6, 6.07) is 5.64. The molecule has 3 heterocycles. The van der Waals surface area contributed by atoms with E-state index in [0.717, 1.165) is 18.5 Å². The fourth-order valence-corrected chi connectivity index (χ4v) is 3.30. The Kier molecular flexibility index (Phi) is 5.27. The minimum absolute atomic E-state index is 0.0703. The zero-order chi connectivity index (χ0) is 19.3. The number of hydrogen-bond donors (Lipinski definition) is 0. The summed E-state index contributed by atoms with van der Waals surface area (Å²) < 4.78 is 20.2. The van der Waals surface area contributed by atoms with Crippen LogP contribution in [0.1, 0.15) is 24.5 Å². The Morgan fingerprint density at radius 2 is 2.07 bits per heavy atom. The van der Waals surface area contributed by atoms with Crippen molar-refractivity contribution < 1.29 is 13.9 Å². The number of halogens is 1. The van der Waals surface area contributed by atoms with Gasteiger partial charge in [-0.2, -0.15) is 0 Å². The molecule has 0 aliphatic carbocycles. The van der Waals surface area contributed by atoms with Crippen molar-refractivity contribution in [2.75, 3.05) is 19.7 Å². The smallest absolute Gasteiger partial charge is 0.260 e. The van der Waals surface area contributed by atoms with Crippen LogP contribution >= 0.6 is 0 Å². The molecule has 1 aromatic carbocycles. The van der Waals surface area contributed by atoms with Crippen LogP contribution < -0.4 is 4.74 Å². The van der Waals surface area contributed by atoms with Crippen LogP contribution in [0.25, 0.3) is 5.82 Å². The summed E-state index contributed by atoms with van der Waals surface area (Å²) in [5.74, 6) is 0.879. The molecule has 0 unspecified atom stereocenters. The molecule has 7 nitrogen and oxygen atoms in total. The largest absolute Gasteiger partial charge is 0.484 e. The lowest BCUT2D eigenvalue weighted by molar-refractivity contribution is -0.134. The SMILES string of the molecule is O=C(COc1ccc(F)cc1)N1CCC[C@H](c2cncc(-n3ccnc3)n2)C1. The number of ether oxygens (including phenoxy) is 1. The second-order valence-corrected chi connectivity index (χ2v) is 6.69. The Bertz CT molecular complexity index is 930. The van der Waals surface area contributed by atoms with Crippen molar-refractivity contribution in [2.45, 2.75) is 18.8 Å². The van der Waals surface area contributed by atoms with Crippen LogP contribution in [0.5, 0.6) is 5.75 Å². The van der Waals surface area contributed by atoms with E-state index < -0.39 is 0 Å². The second-order valence-electron chi connectivity index (χ2n) is 6.69. The third kappa shape index (κ3) is 4.16. The van der Waals surface area contributed by atoms with E-state index in [-0.39, 0.29) is 24.2 Å². The zero-order valence-electron chi connectivity index (χ0n) is 15.2. The summed E-state index contributed by atoms with van der Waals surface area (Å²) in [5.41, 5.74) is 0.864. The first-order valence-electron chi connectivity index (χ1n) is 9.15. The molecular weight excluding hydrogens is 361 g/mol. The molecular formula is C20H20FN5O2. The number of piperidine rings is 1. The van der Waals surface area contributed by atoms with E-state index >= 15 is 0 Å². The van der Waals surface area contributed by atoms with Crippen LogP contribution in [0, 0.1) is 5.82 Å². The van der Waals surface area contributed by atoms with Gasteiger partial charge in [0.2, 0.25) is 0 Å². The van der Waals surface area contributed by atoms with Gasteiger partial charge in [-0.25, -0.2) is 14.4 Å². The van der Waals surface area contributed by atoms with Gasteiger partial charge < -0.3 is 9.64 Å². The van der Waals surface area contributed by atoms with Crippen LogP contribution in [0.15, 0.2) is 55.4 Å². The fourth-order valence-electron chi connectivity index (χ4n) is 3.30. The molecule has 0 spiro atoms. The first kappa shape index (κ1) is 18.1. The van der Waals surface area contributed by atoms with Crippen molar-refractivity contribution >= 4 is 5.91 Å². The Morgan fingerprint density at radius 1 is 1.21 bits per heavy atom. The van der Waals surface area contributed by atoms with E-state index in [9.17, 15) is 9.18 Å². The van der Waals surface area contributed by atoms with Crippen LogP contribution in [-0.2, 0) is 4.79 Å². The maximum absolute atomic E-state index is 13.0. The molecule has 1 atom stereocenters. The van der Waals surface area contributed by atoms with Gasteiger partial charge in [0.25, 0.3) is 5.91 Å². The molecule has 1 amide bonds. The monoisotopic (exact) mass is 381 g/mol. The highest BCUT2D eigenvalue weighted by atomic mass is 19.1. The summed E-state index contributed by atoms with van der Waals surface area (Å²) in [4.78, 5) is 27.4. The number of carbonyl (C=O) groups excluding carboxylic acids is 1. The normalized spacial score (nSPS) is 16.8. The molecule has 1 aliphatic rings. The van der Waals surface area contributed by atoms with E-state index in [1.807, 2.05) is 6.20 Å². The molecule has 1 fully saturated rings. The summed E-state index contributed by atoms with van der Waals surface area (Å²) in [6.45, 7) is 1.20. The van der Waals surface area contributed by atoms with Crippen molar-refractivity contribution in [2.24, 2.45) is 0 Å². The third-order valence-electron chi connectivity index (χ3n) is 4.78. The molecule has 2 aromatic heterocycles. The molecule has 0 saturated carbocycles. The number of likely N-dealkylation sites (tertiary alicyclic amines) is 1. The van der Waals surface area contributed by atoms with Gasteiger partial charge in [-0.3, -0.25) is 14.3 Å². The number of carbonyl (C=O) groups is 1. The predicted molar refractivity (Wildman–Crippen MR) is 99.6 cm³/mol. The summed E-state index contributed by atoms with van der Waals surface area (Å²) in [6.07, 6.45) is 10.5. The van der Waals surface area contributed by atoms with E-state index in [0.29, 0.717) is 24.7 Å². The second kappa shape index (κ2) is 8.16. The first-order chi connectivity index (χ1) is 13.7. The summed E-state index contributed by atoms with van der Waals surface area (Å²) in [7, 11) is 0. The van der Waals surface area contributed by atoms with Crippen LogP contribution in [0.2, 0.25) is 0 Å². The molecule has 0 radical (unpaired) electrons. The highest BCUT2D eigenvalue weighted by Crippen LogP contribution is 2.26. The molecule has 144 valence electrons. The number of benzene rings is 1. The first-order valence-corrected chi connectivity index (χ1v) is 9.15. The summed E-state index contributed by atoms with van der Waals surface area (Å²) in [5, 5.41) is 0. The fraction of sp³-hybridized carbons (Fsp3) is 0.300. The average Bonchev–Trinajstić information content (AvgIpc) is 3.28. The highest BCUT2D eigenvalue weighted by Gasteiger charge is 2.26. The Balaban J connectivity index is 1.39. The third-order valence-corrected chi connectivity index (χ3v) is 4.78. The van der Waals surface area contributed by atoms with E-state index in [1.165, 1.54) is 24.3 Å². The van der Waals surface area contributed by atoms with Crippen LogP contribution in [0.3, 0.4) is 0 Å². The average molecular weight is 381 g/mol. The van der Waals surface area contributed by atoms with Crippen molar-refractivity contribution in [1.82, 2.24) is 24.4 Å². The number of amides is 1. The molecule has 0 bridgehead atoms. The lowest BCUT2D eigenvalue weighted by Gasteiger charge is -2.32. The van der Waals surface area contributed by atoms with E-state index in [1.54, 1.807) is 34.4 Å². The van der Waals surface area contributed by atoms with Gasteiger partial charge in [0.15, 0.2) is 12.4 Å².